The van der Waals surface area contributed by atoms with E-state index in [1.165, 1.54) is 52.0 Å². The highest BCUT2D eigenvalue weighted by Crippen LogP contribution is 2.64. The van der Waals surface area contributed by atoms with E-state index in [-0.39, 0.29) is 53.8 Å². The van der Waals surface area contributed by atoms with E-state index in [1.54, 1.807) is 66.7 Å². The number of aliphatic carboxylic acids is 1. The maximum Gasteiger partial charge on any atom is 0.350 e. The molecule has 0 radical (unpaired) electrons. The summed E-state index contributed by atoms with van der Waals surface area (Å²) in [7, 11) is 0. The average Bonchev–Trinajstić information content (AvgIpc) is 1.77. The summed E-state index contributed by atoms with van der Waals surface area (Å²) in [4.78, 5) is 136. The van der Waals surface area contributed by atoms with Gasteiger partial charge in [-0.05, 0) is 68.2 Å². The Morgan fingerprint density at radius 1 is 0.823 bits per heavy atom. The van der Waals surface area contributed by atoms with Crippen LogP contribution < -0.4 is 10.6 Å². The van der Waals surface area contributed by atoms with E-state index < -0.39 is 155 Å². The predicted molar refractivity (Wildman–Crippen MR) is 275 cm³/mol. The lowest BCUT2D eigenvalue weighted by molar-refractivity contribution is -0.346. The molecule has 2 amide bonds. The van der Waals surface area contributed by atoms with Crippen molar-refractivity contribution in [2.45, 2.75) is 134 Å². The number of esters is 5. The van der Waals surface area contributed by atoms with Gasteiger partial charge in [0.15, 0.2) is 17.5 Å². The number of carbonyl (C=O) groups excluding carboxylic acids is 9. The normalized spacial score (nSPS) is 27.5. The minimum Gasteiger partial charge on any atom is -0.478 e. The highest BCUT2D eigenvalue weighted by atomic mass is 16.6. The maximum absolute atomic E-state index is 15.8. The number of hydrogen-bond acceptors (Lipinski definition) is 18. The molecular formula is C58H64N2O19. The van der Waals surface area contributed by atoms with Crippen LogP contribution in [0.4, 0.5) is 0 Å². The number of fused-ring (bicyclic) bond motifs is 5. The highest BCUT2D eigenvalue weighted by Gasteiger charge is 2.78. The van der Waals surface area contributed by atoms with Crippen LogP contribution in [-0.4, -0.2) is 135 Å². The third-order valence-electron chi connectivity index (χ3n) is 15.6. The number of aliphatic hydroxyl groups is 2. The lowest BCUT2D eigenvalue weighted by Crippen LogP contribution is -2.82. The van der Waals surface area contributed by atoms with E-state index in [9.17, 15) is 53.7 Å². The molecular weight excluding hydrogens is 1030 g/mol. The van der Waals surface area contributed by atoms with E-state index in [4.69, 9.17) is 28.4 Å². The van der Waals surface area contributed by atoms with Gasteiger partial charge < -0.3 is 54.4 Å². The minimum atomic E-state index is -2.53. The molecule has 7 rings (SSSR count). The van der Waals surface area contributed by atoms with Gasteiger partial charge in [-0.25, -0.2) is 14.4 Å². The number of benzene rings is 3. The fraction of sp³-hybridized carbons (Fsp3) is 0.448. The molecule has 2 bridgehead atoms. The predicted octanol–water partition coefficient (Wildman–Crippen LogP) is 4.17. The fourth-order valence-corrected chi connectivity index (χ4v) is 11.6. The van der Waals surface area contributed by atoms with Gasteiger partial charge >= 0.3 is 35.8 Å². The summed E-state index contributed by atoms with van der Waals surface area (Å²) in [5.41, 5.74) is -8.42. The lowest BCUT2D eigenvalue weighted by atomic mass is 9.44. The van der Waals surface area contributed by atoms with Crippen molar-refractivity contribution in [1.29, 1.82) is 0 Å². The second-order valence-corrected chi connectivity index (χ2v) is 21.1. The van der Waals surface area contributed by atoms with Gasteiger partial charge in [0, 0.05) is 68.7 Å². The number of carbonyl (C=O) groups is 10. The molecule has 21 nitrogen and oxygen atoms in total. The van der Waals surface area contributed by atoms with Crippen LogP contribution in [0.15, 0.2) is 114 Å². The minimum absolute atomic E-state index is 0.00666. The molecule has 1 heterocycles. The summed E-state index contributed by atoms with van der Waals surface area (Å²) in [6.45, 7) is 8.58. The van der Waals surface area contributed by atoms with E-state index >= 15 is 9.59 Å². The van der Waals surface area contributed by atoms with Crippen LogP contribution in [0.5, 0.6) is 0 Å². The molecule has 21 heteroatoms. The van der Waals surface area contributed by atoms with Gasteiger partial charge in [-0.3, -0.25) is 33.6 Å². The zero-order valence-corrected chi connectivity index (χ0v) is 44.7. The summed E-state index contributed by atoms with van der Waals surface area (Å²) in [5.74, 6) is -11.3. The number of rotatable bonds is 19. The number of amides is 2. The van der Waals surface area contributed by atoms with E-state index in [2.05, 4.69) is 10.6 Å². The largest absolute Gasteiger partial charge is 0.478 e. The quantitative estimate of drug-likeness (QED) is 0.0370. The molecule has 1 saturated heterocycles. The third-order valence-corrected chi connectivity index (χ3v) is 15.6. The molecule has 4 aliphatic rings. The van der Waals surface area contributed by atoms with Gasteiger partial charge in [-0.15, -0.1) is 0 Å². The highest BCUT2D eigenvalue weighted by molar-refractivity contribution is 6.01. The standard InChI is InChI=1S/C58H64N2O19/c1-31(61)26-38(52(69)70)27-42(65)59-25-17-24-43(66)77-47(45(35-18-11-8-12-19-35)60-51(68)36-20-13-9-14-21-36)54(72)76-39-29-58(73)50(78-53(71)37-22-15-10-16-23-37)48-56(7,40(64)28-41-57(48,30-74-41)79-34(4)63)49(67)46(75-33(3)62)44(32(39)2)55(58,5)6/h8-16,18-23,27,39-41,45-48,50,64,73H,17,24-26,28-30H2,1-7H3,(H,59,65)(H,60,68)(H,69,70)/b38-27-/t39-,40-,41+,45-,46+,47+,48-,50-,56+,57-,58+/m0/s1. The van der Waals surface area contributed by atoms with Crippen LogP contribution in [0.1, 0.15) is 113 Å². The van der Waals surface area contributed by atoms with Crippen LogP contribution >= 0.6 is 0 Å². The van der Waals surface area contributed by atoms with Gasteiger partial charge in [0.2, 0.25) is 12.0 Å². The molecule has 3 aliphatic carbocycles. The molecule has 420 valence electrons. The number of carboxylic acids is 1. The molecule has 3 aromatic carbocycles. The van der Waals surface area contributed by atoms with E-state index in [0.717, 1.165) is 26.8 Å². The van der Waals surface area contributed by atoms with Crippen LogP contribution in [0, 0.1) is 16.7 Å². The fourth-order valence-electron chi connectivity index (χ4n) is 11.6. The number of ether oxygens (including phenoxy) is 6. The van der Waals surface area contributed by atoms with Crippen molar-refractivity contribution in [3.63, 3.8) is 0 Å². The molecule has 5 N–H and O–H groups in total. The number of nitrogens with one attached hydrogen (secondary N) is 2. The van der Waals surface area contributed by atoms with Crippen LogP contribution in [0.25, 0.3) is 0 Å². The summed E-state index contributed by atoms with van der Waals surface area (Å²) >= 11 is 0. The Balaban J connectivity index is 1.34. The maximum atomic E-state index is 15.8. The average molecular weight is 1090 g/mol. The molecule has 0 unspecified atom stereocenters. The Bertz CT molecular complexity index is 2960. The summed E-state index contributed by atoms with van der Waals surface area (Å²) in [6, 6.07) is 22.0. The number of hydrogen-bond donors (Lipinski definition) is 5. The first-order valence-corrected chi connectivity index (χ1v) is 25.7. The monoisotopic (exact) mass is 1090 g/mol. The van der Waals surface area contributed by atoms with Crippen LogP contribution in [-0.2, 0) is 66.8 Å². The van der Waals surface area contributed by atoms with Gasteiger partial charge in [0.25, 0.3) is 5.91 Å². The Morgan fingerprint density at radius 2 is 1.43 bits per heavy atom. The first kappa shape index (κ1) is 58.8. The topological polar surface area (TPSA) is 311 Å². The smallest absolute Gasteiger partial charge is 0.350 e. The zero-order chi connectivity index (χ0) is 57.8. The van der Waals surface area contributed by atoms with Crippen molar-refractivity contribution in [1.82, 2.24) is 10.6 Å². The number of carboxylic acid groups (broad SMARTS) is 1. The molecule has 0 spiro atoms. The zero-order valence-electron chi connectivity index (χ0n) is 44.7. The molecule has 79 heavy (non-hydrogen) atoms. The van der Waals surface area contributed by atoms with Crippen LogP contribution in [0.2, 0.25) is 0 Å². The van der Waals surface area contributed by atoms with Crippen molar-refractivity contribution in [2.24, 2.45) is 16.7 Å². The first-order chi connectivity index (χ1) is 37.3. The summed E-state index contributed by atoms with van der Waals surface area (Å²) < 4.78 is 36.7. The van der Waals surface area contributed by atoms with Crippen molar-refractivity contribution < 1.29 is 91.7 Å². The molecule has 3 aromatic rings. The van der Waals surface area contributed by atoms with Crippen molar-refractivity contribution in [2.75, 3.05) is 13.2 Å². The molecule has 11 atom stereocenters. The number of ketones is 2. The second kappa shape index (κ2) is 23.6. The molecule has 1 aliphatic heterocycles. The van der Waals surface area contributed by atoms with Crippen LogP contribution in [0.3, 0.4) is 0 Å². The summed E-state index contributed by atoms with van der Waals surface area (Å²) in [5, 5.41) is 40.9. The Kier molecular flexibility index (Phi) is 17.6. The van der Waals surface area contributed by atoms with Crippen molar-refractivity contribution in [3.8, 4) is 0 Å². The van der Waals surface area contributed by atoms with E-state index in [1.807, 2.05) is 0 Å². The number of aliphatic hydroxyl groups excluding tert-OH is 1. The Morgan fingerprint density at radius 3 is 1.99 bits per heavy atom. The van der Waals surface area contributed by atoms with Gasteiger partial charge in [-0.2, -0.15) is 0 Å². The molecule has 0 aromatic heterocycles. The van der Waals surface area contributed by atoms with E-state index in [0.29, 0.717) is 0 Å². The van der Waals surface area contributed by atoms with Gasteiger partial charge in [0.1, 0.15) is 35.7 Å². The SMILES string of the molecule is CC(=O)C/C(=C/C(=O)NCCCC(=O)O[C@@H](C(=O)O[C@H]1C[C@@]2(O)[C@@H](OC(=O)c3ccccc3)[C@@H]3[C@]4(OC(C)=O)CO[C@@H]4C[C@H](O)[C@@]3(C)C(=O)[C@H](OC(C)=O)C(=C1C)C2(C)C)[C@@H](NC(=O)c1ccccc1)c1ccccc1)C(=O)O. The van der Waals surface area contributed by atoms with Crippen molar-refractivity contribution in [3.05, 3.63) is 130 Å². The second-order valence-electron chi connectivity index (χ2n) is 21.1. The Hall–Kier alpha value is -7.88. The molecule has 2 saturated carbocycles. The lowest BCUT2D eigenvalue weighted by Gasteiger charge is -2.67. The summed E-state index contributed by atoms with van der Waals surface area (Å²) in [6.07, 6.45) is -11.6. The third kappa shape index (κ3) is 11.8. The molecule has 3 fully saturated rings. The first-order valence-electron chi connectivity index (χ1n) is 25.7. The Labute approximate surface area is 455 Å². The van der Waals surface area contributed by atoms with Gasteiger partial charge in [0.05, 0.1) is 29.6 Å². The van der Waals surface area contributed by atoms with Gasteiger partial charge in [-0.1, -0.05) is 80.6 Å². The van der Waals surface area contributed by atoms with Crippen molar-refractivity contribution >= 4 is 59.2 Å². The number of Topliss-reactive ketones (excluding diaryl/α,β-unsaturated/α-hetero) is 2.